The minimum atomic E-state index is -4.13. The van der Waals surface area contributed by atoms with E-state index in [1.165, 1.54) is 6.07 Å². The molecule has 0 aliphatic carbocycles. The Morgan fingerprint density at radius 3 is 2.53 bits per heavy atom. The summed E-state index contributed by atoms with van der Waals surface area (Å²) in [6.07, 6.45) is 0. The second-order valence-electron chi connectivity index (χ2n) is 5.24. The van der Waals surface area contributed by atoms with Crippen LogP contribution in [0.15, 0.2) is 23.1 Å². The van der Waals surface area contributed by atoms with Crippen molar-refractivity contribution in [1.82, 2.24) is 0 Å². The Kier molecular flexibility index (Phi) is 2.68. The van der Waals surface area contributed by atoms with Crippen LogP contribution in [0, 0.1) is 0 Å². The molecule has 2 rings (SSSR count). The van der Waals surface area contributed by atoms with Crippen molar-refractivity contribution in [2.75, 3.05) is 33.0 Å². The highest BCUT2D eigenvalue weighted by Crippen LogP contribution is 2.36. The fourth-order valence-corrected chi connectivity index (χ4v) is 2.66. The van der Waals surface area contributed by atoms with Crippen LogP contribution in [0.2, 0.25) is 0 Å². The minimum Gasteiger partial charge on any atom is -0.378 e. The Hall–Kier alpha value is -1.11. The summed E-state index contributed by atoms with van der Waals surface area (Å²) in [5.74, 6) is 0. The normalized spacial score (nSPS) is 19.9. The summed E-state index contributed by atoms with van der Waals surface area (Å²) in [4.78, 5) is -0.0431. The van der Waals surface area contributed by atoms with E-state index in [0.29, 0.717) is 4.48 Å². The van der Waals surface area contributed by atoms with Gasteiger partial charge in [-0.3, -0.25) is 4.55 Å². The van der Waals surface area contributed by atoms with Gasteiger partial charge in [-0.15, -0.1) is 0 Å². The fraction of sp³-hybridized carbons (Fsp3) is 0.455. The van der Waals surface area contributed by atoms with E-state index in [2.05, 4.69) is 26.5 Å². The van der Waals surface area contributed by atoms with Crippen molar-refractivity contribution in [3.8, 4) is 0 Å². The molecular formula is C11H17N2O3S+. The summed E-state index contributed by atoms with van der Waals surface area (Å²) in [6, 6.07) is 4.86. The topological polar surface area (TPSA) is 66.4 Å². The third kappa shape index (κ3) is 2.29. The third-order valence-electron chi connectivity index (χ3n) is 3.10. The number of likely N-dealkylation sites (N-methyl/N-ethyl adjacent to an activating group) is 1. The van der Waals surface area contributed by atoms with Crippen LogP contribution in [0.25, 0.3) is 0 Å². The lowest BCUT2D eigenvalue weighted by molar-refractivity contribution is -0.899. The quantitative estimate of drug-likeness (QED) is 0.615. The van der Waals surface area contributed by atoms with Gasteiger partial charge in [0.25, 0.3) is 10.1 Å². The van der Waals surface area contributed by atoms with Gasteiger partial charge in [-0.2, -0.15) is 8.42 Å². The van der Waals surface area contributed by atoms with Gasteiger partial charge in [0.05, 0.1) is 32.6 Å². The third-order valence-corrected chi connectivity index (χ3v) is 3.95. The van der Waals surface area contributed by atoms with Gasteiger partial charge >= 0.3 is 0 Å². The van der Waals surface area contributed by atoms with E-state index in [-0.39, 0.29) is 10.9 Å². The van der Waals surface area contributed by atoms with Gasteiger partial charge < -0.3 is 9.80 Å². The second-order valence-corrected chi connectivity index (χ2v) is 6.66. The molecule has 0 saturated heterocycles. The van der Waals surface area contributed by atoms with Crippen molar-refractivity contribution in [3.63, 3.8) is 0 Å². The van der Waals surface area contributed by atoms with Crippen LogP contribution < -0.4 is 5.32 Å². The first-order valence-electron chi connectivity index (χ1n) is 5.36. The molecule has 0 amide bonds. The van der Waals surface area contributed by atoms with E-state index < -0.39 is 10.1 Å². The Bertz CT molecular complexity index is 546. The summed E-state index contributed by atoms with van der Waals surface area (Å²) < 4.78 is 32.0. The fourth-order valence-electron chi connectivity index (χ4n) is 2.15. The molecule has 0 fully saturated rings. The Balaban J connectivity index is 2.52. The molecular weight excluding hydrogens is 240 g/mol. The maximum absolute atomic E-state index is 11.1. The maximum Gasteiger partial charge on any atom is 0.294 e. The van der Waals surface area contributed by atoms with Crippen LogP contribution in [-0.4, -0.2) is 45.1 Å². The first-order valence-corrected chi connectivity index (χ1v) is 6.80. The molecule has 0 spiro atoms. The van der Waals surface area contributed by atoms with Crippen molar-refractivity contribution in [3.05, 3.63) is 23.8 Å². The van der Waals surface area contributed by atoms with Crippen molar-refractivity contribution < 1.29 is 17.5 Å². The molecule has 1 atom stereocenters. The number of hydrogen-bond donors (Lipinski definition) is 2. The summed E-state index contributed by atoms with van der Waals surface area (Å²) >= 11 is 0. The van der Waals surface area contributed by atoms with Crippen molar-refractivity contribution in [2.45, 2.75) is 10.9 Å². The lowest BCUT2D eigenvalue weighted by atomic mass is 10.1. The average Bonchev–Trinajstić information content (AvgIpc) is 2.57. The van der Waals surface area contributed by atoms with Crippen LogP contribution >= 0.6 is 0 Å². The molecule has 0 bridgehead atoms. The Morgan fingerprint density at radius 2 is 2.00 bits per heavy atom. The van der Waals surface area contributed by atoms with E-state index in [1.54, 1.807) is 12.1 Å². The highest BCUT2D eigenvalue weighted by Gasteiger charge is 2.33. The number of benzene rings is 1. The predicted octanol–water partition coefficient (Wildman–Crippen LogP) is 1.11. The number of rotatable bonds is 2. The number of anilines is 1. The van der Waals surface area contributed by atoms with Gasteiger partial charge in [0, 0.05) is 11.3 Å². The number of hydrogen-bond acceptors (Lipinski definition) is 3. The minimum absolute atomic E-state index is 0.0431. The van der Waals surface area contributed by atoms with Crippen LogP contribution in [-0.2, 0) is 10.1 Å². The average molecular weight is 257 g/mol. The van der Waals surface area contributed by atoms with Crippen LogP contribution in [0.4, 0.5) is 5.69 Å². The molecule has 94 valence electrons. The highest BCUT2D eigenvalue weighted by atomic mass is 32.2. The van der Waals surface area contributed by atoms with Gasteiger partial charge in [0.2, 0.25) is 0 Å². The van der Waals surface area contributed by atoms with Crippen molar-refractivity contribution >= 4 is 15.8 Å². The van der Waals surface area contributed by atoms with Gasteiger partial charge in [0.15, 0.2) is 0 Å². The summed E-state index contributed by atoms with van der Waals surface area (Å²) in [5.41, 5.74) is 1.88. The van der Waals surface area contributed by atoms with E-state index in [1.807, 2.05) is 0 Å². The summed E-state index contributed by atoms with van der Waals surface area (Å²) in [5, 5.41) is 3.24. The first kappa shape index (κ1) is 12.3. The standard InChI is InChI=1S/C11H16N2O3S/c1-13(2,3)11-7-12-10-5-4-8(6-9(10)11)17(14,15)16/h4-6,11-12H,7H2,1-3H3/p+1. The van der Waals surface area contributed by atoms with Gasteiger partial charge in [-0.25, -0.2) is 0 Å². The van der Waals surface area contributed by atoms with Gasteiger partial charge in [-0.1, -0.05) is 0 Å². The monoisotopic (exact) mass is 257 g/mol. The first-order chi connectivity index (χ1) is 7.69. The molecule has 2 N–H and O–H groups in total. The molecule has 1 aromatic rings. The van der Waals surface area contributed by atoms with Crippen molar-refractivity contribution in [1.29, 1.82) is 0 Å². The molecule has 1 aliphatic rings. The van der Waals surface area contributed by atoms with E-state index in [9.17, 15) is 8.42 Å². The van der Waals surface area contributed by atoms with E-state index >= 15 is 0 Å². The molecule has 0 radical (unpaired) electrons. The van der Waals surface area contributed by atoms with Gasteiger partial charge in [-0.05, 0) is 18.2 Å². The molecule has 6 heteroatoms. The number of quaternary nitrogens is 1. The zero-order chi connectivity index (χ0) is 12.8. The zero-order valence-corrected chi connectivity index (χ0v) is 11.0. The molecule has 1 heterocycles. The lowest BCUT2D eigenvalue weighted by Crippen LogP contribution is -2.39. The Morgan fingerprint density at radius 1 is 1.35 bits per heavy atom. The van der Waals surface area contributed by atoms with Crippen LogP contribution in [0.3, 0.4) is 0 Å². The van der Waals surface area contributed by atoms with E-state index in [4.69, 9.17) is 4.55 Å². The summed E-state index contributed by atoms with van der Waals surface area (Å²) in [7, 11) is 2.04. The lowest BCUT2D eigenvalue weighted by Gasteiger charge is -2.31. The van der Waals surface area contributed by atoms with Gasteiger partial charge in [0.1, 0.15) is 6.04 Å². The number of nitrogens with one attached hydrogen (secondary N) is 1. The SMILES string of the molecule is C[N+](C)(C)C1CNc2ccc(S(=O)(=O)O)cc21. The smallest absolute Gasteiger partial charge is 0.294 e. The predicted molar refractivity (Wildman–Crippen MR) is 65.5 cm³/mol. The molecule has 0 saturated carbocycles. The largest absolute Gasteiger partial charge is 0.378 e. The molecule has 17 heavy (non-hydrogen) atoms. The number of nitrogens with zero attached hydrogens (tertiary/aromatic N) is 1. The highest BCUT2D eigenvalue weighted by molar-refractivity contribution is 7.85. The molecule has 1 aliphatic heterocycles. The van der Waals surface area contributed by atoms with Crippen LogP contribution in [0.5, 0.6) is 0 Å². The molecule has 0 aromatic heterocycles. The molecule has 1 aromatic carbocycles. The van der Waals surface area contributed by atoms with Crippen molar-refractivity contribution in [2.24, 2.45) is 0 Å². The molecule has 5 nitrogen and oxygen atoms in total. The number of fused-ring (bicyclic) bond motifs is 1. The summed E-state index contributed by atoms with van der Waals surface area (Å²) in [6.45, 7) is 0.772. The van der Waals surface area contributed by atoms with E-state index in [0.717, 1.165) is 17.8 Å². The zero-order valence-electron chi connectivity index (χ0n) is 10.1. The second kappa shape index (κ2) is 3.69. The molecule has 1 unspecified atom stereocenters. The maximum atomic E-state index is 11.1. The Labute approximate surface area is 101 Å². The van der Waals surface area contributed by atoms with Crippen LogP contribution in [0.1, 0.15) is 11.6 Å².